The highest BCUT2D eigenvalue weighted by molar-refractivity contribution is 7.26. The number of fused-ring (bicyclic) bond motifs is 6. The van der Waals surface area contributed by atoms with Crippen molar-refractivity contribution in [3.05, 3.63) is 212 Å². The minimum absolute atomic E-state index is 0.574. The summed E-state index contributed by atoms with van der Waals surface area (Å²) in [5.41, 5.74) is 13.5. The fourth-order valence-corrected chi connectivity index (χ4v) is 10.0. The monoisotopic (exact) mass is 809 g/mol. The lowest BCUT2D eigenvalue weighted by molar-refractivity contribution is 0.669. The van der Waals surface area contributed by atoms with Gasteiger partial charge in [0.2, 0.25) is 0 Å². The van der Waals surface area contributed by atoms with Crippen molar-refractivity contribution in [3.8, 4) is 78.7 Å². The van der Waals surface area contributed by atoms with Crippen molar-refractivity contribution in [2.75, 3.05) is 0 Å². The smallest absolute Gasteiger partial charge is 0.164 e. The van der Waals surface area contributed by atoms with E-state index in [0.717, 1.165) is 72.0 Å². The Balaban J connectivity index is 1.00. The first kappa shape index (κ1) is 35.9. The number of aromatic nitrogens is 3. The highest BCUT2D eigenvalue weighted by atomic mass is 32.1. The minimum atomic E-state index is 0.574. The molecule has 3 heterocycles. The lowest BCUT2D eigenvalue weighted by Gasteiger charge is -2.12. The number of furan rings is 1. The molecule has 0 radical (unpaired) electrons. The second-order valence-electron chi connectivity index (χ2n) is 15.5. The van der Waals surface area contributed by atoms with Gasteiger partial charge in [-0.25, -0.2) is 15.0 Å². The first-order chi connectivity index (χ1) is 30.7. The Morgan fingerprint density at radius 3 is 1.47 bits per heavy atom. The Hall–Kier alpha value is -7.99. The van der Waals surface area contributed by atoms with Crippen molar-refractivity contribution in [2.24, 2.45) is 0 Å². The zero-order valence-corrected chi connectivity index (χ0v) is 34.2. The molecular formula is C57H35N3OS. The Bertz CT molecular complexity index is 3540. The molecule has 3 aromatic heterocycles. The van der Waals surface area contributed by atoms with Crippen molar-refractivity contribution in [1.29, 1.82) is 0 Å². The summed E-state index contributed by atoms with van der Waals surface area (Å²) in [5.74, 6) is 1.78. The van der Waals surface area contributed by atoms with Crippen molar-refractivity contribution in [1.82, 2.24) is 15.0 Å². The van der Waals surface area contributed by atoms with Crippen LogP contribution in [0.3, 0.4) is 0 Å². The maximum Gasteiger partial charge on any atom is 0.164 e. The molecule has 4 nitrogen and oxygen atoms in total. The molecule has 0 fully saturated rings. The van der Waals surface area contributed by atoms with Gasteiger partial charge in [-0.3, -0.25) is 0 Å². The molecule has 0 spiro atoms. The maximum absolute atomic E-state index is 6.72. The summed E-state index contributed by atoms with van der Waals surface area (Å²) in [4.78, 5) is 15.5. The van der Waals surface area contributed by atoms with Crippen LogP contribution >= 0.6 is 11.3 Å². The molecule has 9 aromatic carbocycles. The van der Waals surface area contributed by atoms with E-state index in [0.29, 0.717) is 17.5 Å². The largest absolute Gasteiger partial charge is 0.456 e. The zero-order valence-electron chi connectivity index (χ0n) is 33.4. The van der Waals surface area contributed by atoms with E-state index in [2.05, 4.69) is 200 Å². The topological polar surface area (TPSA) is 51.8 Å². The molecule has 0 atom stereocenters. The summed E-state index contributed by atoms with van der Waals surface area (Å²) in [6.07, 6.45) is 0. The van der Waals surface area contributed by atoms with E-state index in [1.54, 1.807) is 0 Å². The van der Waals surface area contributed by atoms with Crippen molar-refractivity contribution < 1.29 is 4.42 Å². The maximum atomic E-state index is 6.72. The summed E-state index contributed by atoms with van der Waals surface area (Å²) in [5, 5.41) is 4.70. The van der Waals surface area contributed by atoms with E-state index in [1.165, 1.54) is 31.3 Å². The second kappa shape index (κ2) is 14.9. The van der Waals surface area contributed by atoms with Gasteiger partial charge in [0.25, 0.3) is 0 Å². The minimum Gasteiger partial charge on any atom is -0.456 e. The highest BCUT2D eigenvalue weighted by Gasteiger charge is 2.20. The van der Waals surface area contributed by atoms with Gasteiger partial charge >= 0.3 is 0 Å². The third-order valence-electron chi connectivity index (χ3n) is 11.8. The molecule has 0 saturated carbocycles. The molecule has 0 N–H and O–H groups in total. The summed E-state index contributed by atoms with van der Waals surface area (Å²) >= 11 is 1.86. The lowest BCUT2D eigenvalue weighted by Crippen LogP contribution is -2.00. The number of hydrogen-bond acceptors (Lipinski definition) is 5. The first-order valence-corrected chi connectivity index (χ1v) is 21.6. The number of rotatable bonds is 7. The standard InChI is InChI=1S/C57H35N3OS/c1-3-15-36(16-4-1)38-19-11-21-40(33-38)55-58-56(41-22-12-20-39(34-41)37-17-5-2-6-18-37)60-57(59-55)42-31-32-49-51(35-42)61-50-29-14-26-46(53(49)50)43-23-7-8-24-44(43)47-27-13-28-48-45-25-9-10-30-52(45)62-54(47)48/h1-35H. The summed E-state index contributed by atoms with van der Waals surface area (Å²) in [6.45, 7) is 0. The van der Waals surface area contributed by atoms with Gasteiger partial charge in [0, 0.05) is 53.2 Å². The van der Waals surface area contributed by atoms with E-state index in [9.17, 15) is 0 Å². The van der Waals surface area contributed by atoms with Gasteiger partial charge in [0.15, 0.2) is 17.5 Å². The van der Waals surface area contributed by atoms with Gasteiger partial charge < -0.3 is 4.42 Å². The summed E-state index contributed by atoms with van der Waals surface area (Å²) in [7, 11) is 0. The molecule has 5 heteroatoms. The third kappa shape index (κ3) is 6.26. The van der Waals surface area contributed by atoms with Crippen LogP contribution < -0.4 is 0 Å². The molecular weight excluding hydrogens is 775 g/mol. The van der Waals surface area contributed by atoms with Crippen LogP contribution in [-0.2, 0) is 0 Å². The van der Waals surface area contributed by atoms with Gasteiger partial charge in [-0.15, -0.1) is 11.3 Å². The van der Waals surface area contributed by atoms with Crippen LogP contribution in [0.1, 0.15) is 0 Å². The third-order valence-corrected chi connectivity index (χ3v) is 13.0. The van der Waals surface area contributed by atoms with Gasteiger partial charge in [0.05, 0.1) is 0 Å². The number of thiophene rings is 1. The van der Waals surface area contributed by atoms with Gasteiger partial charge in [0.1, 0.15) is 11.2 Å². The van der Waals surface area contributed by atoms with Gasteiger partial charge in [-0.05, 0) is 75.3 Å². The number of nitrogens with zero attached hydrogens (tertiary/aromatic N) is 3. The molecule has 12 aromatic rings. The molecule has 0 aliphatic rings. The van der Waals surface area contributed by atoms with E-state index in [4.69, 9.17) is 19.4 Å². The fourth-order valence-electron chi connectivity index (χ4n) is 8.80. The molecule has 0 unspecified atom stereocenters. The van der Waals surface area contributed by atoms with E-state index < -0.39 is 0 Å². The van der Waals surface area contributed by atoms with Crippen LogP contribution in [0.4, 0.5) is 0 Å². The first-order valence-electron chi connectivity index (χ1n) is 20.8. The molecule has 62 heavy (non-hydrogen) atoms. The van der Waals surface area contributed by atoms with Crippen LogP contribution in [0, 0.1) is 0 Å². The molecule has 0 aliphatic heterocycles. The molecule has 0 bridgehead atoms. The van der Waals surface area contributed by atoms with Crippen molar-refractivity contribution in [3.63, 3.8) is 0 Å². The molecule has 0 amide bonds. The SMILES string of the molecule is c1ccc(-c2cccc(-c3nc(-c4cccc(-c5ccccc5)c4)nc(-c4ccc5c(c4)oc4cccc(-c6ccccc6-c6cccc7c6sc6ccccc67)c45)n3)c2)cc1. The second-order valence-corrected chi connectivity index (χ2v) is 16.6. The van der Waals surface area contributed by atoms with Crippen LogP contribution in [0.2, 0.25) is 0 Å². The van der Waals surface area contributed by atoms with Crippen LogP contribution in [-0.4, -0.2) is 15.0 Å². The summed E-state index contributed by atoms with van der Waals surface area (Å²) in [6, 6.07) is 74.4. The van der Waals surface area contributed by atoms with Crippen molar-refractivity contribution >= 4 is 53.4 Å². The molecule has 290 valence electrons. The summed E-state index contributed by atoms with van der Waals surface area (Å²) < 4.78 is 9.31. The van der Waals surface area contributed by atoms with Gasteiger partial charge in [-0.1, -0.05) is 176 Å². The zero-order chi connectivity index (χ0) is 41.0. The lowest BCUT2D eigenvalue weighted by atomic mass is 9.91. The Labute approximate surface area is 362 Å². The van der Waals surface area contributed by atoms with Gasteiger partial charge in [-0.2, -0.15) is 0 Å². The van der Waals surface area contributed by atoms with Crippen LogP contribution in [0.15, 0.2) is 217 Å². The average Bonchev–Trinajstić information content (AvgIpc) is 3.93. The Morgan fingerprint density at radius 2 is 0.790 bits per heavy atom. The number of hydrogen-bond donors (Lipinski definition) is 0. The van der Waals surface area contributed by atoms with E-state index in [1.807, 2.05) is 23.5 Å². The predicted octanol–water partition coefficient (Wildman–Crippen LogP) is 15.8. The quantitative estimate of drug-likeness (QED) is 0.161. The Kier molecular flexibility index (Phi) is 8.65. The fraction of sp³-hybridized carbons (Fsp3) is 0. The molecule has 0 saturated heterocycles. The Morgan fingerprint density at radius 1 is 0.306 bits per heavy atom. The van der Waals surface area contributed by atoms with E-state index >= 15 is 0 Å². The highest BCUT2D eigenvalue weighted by Crippen LogP contribution is 2.45. The molecule has 12 rings (SSSR count). The molecule has 0 aliphatic carbocycles. The predicted molar refractivity (Wildman–Crippen MR) is 258 cm³/mol. The van der Waals surface area contributed by atoms with Crippen LogP contribution in [0.5, 0.6) is 0 Å². The normalized spacial score (nSPS) is 11.5. The van der Waals surface area contributed by atoms with Crippen molar-refractivity contribution in [2.45, 2.75) is 0 Å². The van der Waals surface area contributed by atoms with E-state index in [-0.39, 0.29) is 0 Å². The number of benzene rings is 9. The average molecular weight is 810 g/mol. The van der Waals surface area contributed by atoms with Crippen LogP contribution in [0.25, 0.3) is 121 Å².